The van der Waals surface area contributed by atoms with Crippen molar-refractivity contribution in [2.24, 2.45) is 5.41 Å². The van der Waals surface area contributed by atoms with Crippen molar-refractivity contribution in [3.8, 4) is 0 Å². The van der Waals surface area contributed by atoms with Crippen LogP contribution in [0.4, 0.5) is 0 Å². The van der Waals surface area contributed by atoms with Crippen molar-refractivity contribution in [2.45, 2.75) is 71.9 Å². The molecule has 1 aliphatic heterocycles. The van der Waals surface area contributed by atoms with Crippen LogP contribution in [0.2, 0.25) is 0 Å². The van der Waals surface area contributed by atoms with E-state index in [0.29, 0.717) is 5.41 Å². The van der Waals surface area contributed by atoms with Gasteiger partial charge in [0, 0.05) is 12.1 Å². The van der Waals surface area contributed by atoms with Crippen molar-refractivity contribution in [3.63, 3.8) is 0 Å². The zero-order valence-corrected chi connectivity index (χ0v) is 12.6. The SMILES string of the molecule is CC.CN(CCC1NCCC1(C)C)C1CCC1. The fraction of sp³-hybridized carbons (Fsp3) is 1.00. The average Bonchev–Trinajstić information content (AvgIpc) is 2.55. The molecule has 2 nitrogen and oxygen atoms in total. The Morgan fingerprint density at radius 3 is 2.29 bits per heavy atom. The van der Waals surface area contributed by atoms with Crippen LogP contribution in [0, 0.1) is 5.41 Å². The fourth-order valence-electron chi connectivity index (χ4n) is 2.85. The van der Waals surface area contributed by atoms with Crippen LogP contribution >= 0.6 is 0 Å². The van der Waals surface area contributed by atoms with E-state index in [-0.39, 0.29) is 0 Å². The molecule has 1 aliphatic carbocycles. The summed E-state index contributed by atoms with van der Waals surface area (Å²) in [6, 6.07) is 1.63. The maximum absolute atomic E-state index is 3.65. The van der Waals surface area contributed by atoms with E-state index in [0.717, 1.165) is 12.1 Å². The lowest BCUT2D eigenvalue weighted by Crippen LogP contribution is -2.41. The third kappa shape index (κ3) is 3.96. The Labute approximate surface area is 108 Å². The molecule has 102 valence electrons. The van der Waals surface area contributed by atoms with Crippen LogP contribution in [0.5, 0.6) is 0 Å². The molecule has 1 saturated carbocycles. The molecule has 0 aromatic heterocycles. The van der Waals surface area contributed by atoms with Crippen molar-refractivity contribution >= 4 is 0 Å². The van der Waals surface area contributed by atoms with Crippen molar-refractivity contribution < 1.29 is 0 Å². The summed E-state index contributed by atoms with van der Waals surface area (Å²) in [7, 11) is 2.30. The maximum atomic E-state index is 3.65. The van der Waals surface area contributed by atoms with E-state index >= 15 is 0 Å². The Bertz CT molecular complexity index is 209. The minimum absolute atomic E-state index is 0.514. The lowest BCUT2D eigenvalue weighted by Gasteiger charge is -2.36. The molecule has 2 heteroatoms. The van der Waals surface area contributed by atoms with Crippen LogP contribution in [-0.2, 0) is 0 Å². The largest absolute Gasteiger partial charge is 0.313 e. The predicted octanol–water partition coefficient (Wildman–Crippen LogP) is 3.28. The Balaban J connectivity index is 0.000000686. The number of hydrogen-bond acceptors (Lipinski definition) is 2. The van der Waals surface area contributed by atoms with Gasteiger partial charge in [-0.05, 0) is 51.2 Å². The first kappa shape index (κ1) is 15.0. The molecule has 1 atom stereocenters. The highest BCUT2D eigenvalue weighted by Gasteiger charge is 2.34. The molecule has 1 unspecified atom stereocenters. The smallest absolute Gasteiger partial charge is 0.0131 e. The quantitative estimate of drug-likeness (QED) is 0.811. The van der Waals surface area contributed by atoms with Crippen molar-refractivity contribution in [2.75, 3.05) is 20.1 Å². The standard InChI is InChI=1S/C13H26N2.C2H6/c1-13(2)8-9-14-12(13)7-10-15(3)11-5-4-6-11;1-2/h11-12,14H,4-10H2,1-3H3;1-2H3. The van der Waals surface area contributed by atoms with Crippen molar-refractivity contribution in [1.29, 1.82) is 0 Å². The summed E-state index contributed by atoms with van der Waals surface area (Å²) >= 11 is 0. The Hall–Kier alpha value is -0.0800. The number of hydrogen-bond donors (Lipinski definition) is 1. The van der Waals surface area contributed by atoms with E-state index < -0.39 is 0 Å². The van der Waals surface area contributed by atoms with Crippen LogP contribution in [0.1, 0.15) is 59.8 Å². The van der Waals surface area contributed by atoms with Gasteiger partial charge in [0.15, 0.2) is 0 Å². The third-order valence-electron chi connectivity index (χ3n) is 4.57. The van der Waals surface area contributed by atoms with Crippen LogP contribution < -0.4 is 5.32 Å². The van der Waals surface area contributed by atoms with E-state index in [1.54, 1.807) is 0 Å². The summed E-state index contributed by atoms with van der Waals surface area (Å²) < 4.78 is 0. The molecule has 1 N–H and O–H groups in total. The zero-order chi connectivity index (χ0) is 12.9. The third-order valence-corrected chi connectivity index (χ3v) is 4.57. The summed E-state index contributed by atoms with van der Waals surface area (Å²) in [4.78, 5) is 2.57. The second-order valence-corrected chi connectivity index (χ2v) is 6.10. The van der Waals surface area contributed by atoms with Gasteiger partial charge in [0.25, 0.3) is 0 Å². The van der Waals surface area contributed by atoms with Crippen LogP contribution in [0.15, 0.2) is 0 Å². The summed E-state index contributed by atoms with van der Waals surface area (Å²) in [5.41, 5.74) is 0.514. The highest BCUT2D eigenvalue weighted by molar-refractivity contribution is 4.91. The van der Waals surface area contributed by atoms with Crippen LogP contribution in [0.25, 0.3) is 0 Å². The van der Waals surface area contributed by atoms with E-state index in [9.17, 15) is 0 Å². The molecule has 0 bridgehead atoms. The minimum atomic E-state index is 0.514. The molecule has 0 radical (unpaired) electrons. The van der Waals surface area contributed by atoms with Gasteiger partial charge in [0.1, 0.15) is 0 Å². The number of rotatable bonds is 4. The lowest BCUT2D eigenvalue weighted by molar-refractivity contribution is 0.145. The number of nitrogens with one attached hydrogen (secondary N) is 1. The topological polar surface area (TPSA) is 15.3 Å². The van der Waals surface area contributed by atoms with E-state index in [1.165, 1.54) is 45.2 Å². The van der Waals surface area contributed by atoms with E-state index in [4.69, 9.17) is 0 Å². The predicted molar refractivity (Wildman–Crippen MR) is 76.4 cm³/mol. The van der Waals surface area contributed by atoms with Gasteiger partial charge in [-0.15, -0.1) is 0 Å². The second kappa shape index (κ2) is 6.75. The summed E-state index contributed by atoms with van der Waals surface area (Å²) in [6.45, 7) is 11.3. The molecule has 17 heavy (non-hydrogen) atoms. The first-order chi connectivity index (χ1) is 8.09. The highest BCUT2D eigenvalue weighted by atomic mass is 15.1. The molecular formula is C15H32N2. The Morgan fingerprint density at radius 1 is 1.24 bits per heavy atom. The number of nitrogens with zero attached hydrogens (tertiary/aromatic N) is 1. The molecule has 1 heterocycles. The van der Waals surface area contributed by atoms with Crippen LogP contribution in [-0.4, -0.2) is 37.1 Å². The monoisotopic (exact) mass is 240 g/mol. The summed E-state index contributed by atoms with van der Waals surface area (Å²) in [5.74, 6) is 0. The van der Waals surface area contributed by atoms with E-state index in [1.807, 2.05) is 13.8 Å². The Morgan fingerprint density at radius 2 is 1.88 bits per heavy atom. The summed E-state index contributed by atoms with van der Waals surface area (Å²) in [5, 5.41) is 3.65. The fourth-order valence-corrected chi connectivity index (χ4v) is 2.85. The van der Waals surface area contributed by atoms with Crippen molar-refractivity contribution in [1.82, 2.24) is 10.2 Å². The average molecular weight is 240 g/mol. The van der Waals surface area contributed by atoms with Gasteiger partial charge < -0.3 is 10.2 Å². The Kier molecular flexibility index (Phi) is 5.94. The molecule has 2 fully saturated rings. The van der Waals surface area contributed by atoms with Gasteiger partial charge in [-0.2, -0.15) is 0 Å². The van der Waals surface area contributed by atoms with Gasteiger partial charge >= 0.3 is 0 Å². The van der Waals surface area contributed by atoms with Crippen molar-refractivity contribution in [3.05, 3.63) is 0 Å². The van der Waals surface area contributed by atoms with Gasteiger partial charge in [-0.1, -0.05) is 34.1 Å². The van der Waals surface area contributed by atoms with E-state index in [2.05, 4.69) is 31.1 Å². The highest BCUT2D eigenvalue weighted by Crippen LogP contribution is 2.32. The van der Waals surface area contributed by atoms with Crippen LogP contribution in [0.3, 0.4) is 0 Å². The molecule has 0 amide bonds. The molecule has 0 aromatic carbocycles. The summed E-state index contributed by atoms with van der Waals surface area (Å²) in [6.07, 6.45) is 6.96. The van der Waals surface area contributed by atoms with Gasteiger partial charge in [-0.3, -0.25) is 0 Å². The molecule has 1 saturated heterocycles. The van der Waals surface area contributed by atoms with Gasteiger partial charge in [0.05, 0.1) is 0 Å². The first-order valence-electron chi connectivity index (χ1n) is 7.53. The normalized spacial score (nSPS) is 27.5. The molecule has 0 spiro atoms. The van der Waals surface area contributed by atoms with Gasteiger partial charge in [0.2, 0.25) is 0 Å². The molecule has 2 aliphatic rings. The first-order valence-corrected chi connectivity index (χ1v) is 7.53. The maximum Gasteiger partial charge on any atom is 0.0131 e. The lowest BCUT2D eigenvalue weighted by atomic mass is 9.83. The molecular weight excluding hydrogens is 208 g/mol. The molecule has 2 rings (SSSR count). The zero-order valence-electron chi connectivity index (χ0n) is 12.6. The minimum Gasteiger partial charge on any atom is -0.313 e. The molecule has 0 aromatic rings. The van der Waals surface area contributed by atoms with Gasteiger partial charge in [-0.25, -0.2) is 0 Å². The second-order valence-electron chi connectivity index (χ2n) is 6.10.